The number of imidazole rings is 1. The number of ether oxygens (including phenoxy) is 1. The first-order valence-electron chi connectivity index (χ1n) is 13.0. The summed E-state index contributed by atoms with van der Waals surface area (Å²) in [5.41, 5.74) is 0.974. The zero-order valence-corrected chi connectivity index (χ0v) is 23.2. The number of hydrogen-bond donors (Lipinski definition) is 4. The van der Waals surface area contributed by atoms with Gasteiger partial charge in [-0.15, -0.1) is 0 Å². The first-order valence-corrected chi connectivity index (χ1v) is 13.3. The summed E-state index contributed by atoms with van der Waals surface area (Å²) in [5.74, 6) is 0.533. The van der Waals surface area contributed by atoms with E-state index in [9.17, 15) is 14.7 Å². The predicted octanol–water partition coefficient (Wildman–Crippen LogP) is 2.94. The smallest absolute Gasteiger partial charge is 0.410 e. The minimum atomic E-state index is -0.526. The number of halogens is 1. The van der Waals surface area contributed by atoms with Gasteiger partial charge in [0.05, 0.1) is 6.20 Å². The Hall–Kier alpha value is -4.32. The van der Waals surface area contributed by atoms with Crippen LogP contribution in [-0.4, -0.2) is 65.9 Å². The van der Waals surface area contributed by atoms with E-state index in [2.05, 4.69) is 20.4 Å². The quantitative estimate of drug-likeness (QED) is 0.290. The number of aromatic nitrogens is 5. The van der Waals surface area contributed by atoms with Gasteiger partial charge in [-0.05, 0) is 63.8 Å². The lowest BCUT2D eigenvalue weighted by atomic mass is 9.97. The van der Waals surface area contributed by atoms with Crippen LogP contribution in [0.15, 0.2) is 46.3 Å². The van der Waals surface area contributed by atoms with Gasteiger partial charge < -0.3 is 25.0 Å². The van der Waals surface area contributed by atoms with Crippen LogP contribution < -0.4 is 21.7 Å². The van der Waals surface area contributed by atoms with E-state index >= 15 is 0 Å². The number of nitrogens with one attached hydrogen (secondary N) is 3. The van der Waals surface area contributed by atoms with E-state index in [1.807, 2.05) is 32.9 Å². The maximum absolute atomic E-state index is 12.4. The number of H-pyrrole nitrogens is 2. The van der Waals surface area contributed by atoms with Gasteiger partial charge in [0.2, 0.25) is 5.88 Å². The topological polar surface area (TPSA) is 153 Å². The molecule has 4 heterocycles. The van der Waals surface area contributed by atoms with E-state index in [0.717, 1.165) is 18.5 Å². The standard InChI is InChI=1S/C27H31ClN8O4/c1-27(2,3)40-26(39)35-9-7-16(8-10-35)14-29-22-13-21(31-19-6-4-5-18(28)12-19)33-23-17(15-30-36(22)23)11-20-24(37)34-25(38)32-20/h4-6,11-13,15-16,31,37H,7-10,14H2,1-3H3,(H2,32,34,38). The first-order chi connectivity index (χ1) is 19.0. The molecule has 13 heteroatoms. The molecule has 1 aliphatic rings. The maximum atomic E-state index is 12.4. The average Bonchev–Trinajstić information content (AvgIpc) is 3.43. The third-order valence-electron chi connectivity index (χ3n) is 6.39. The van der Waals surface area contributed by atoms with Crippen LogP contribution in [0.5, 0.6) is 5.88 Å². The van der Waals surface area contributed by atoms with E-state index in [0.29, 0.717) is 46.8 Å². The summed E-state index contributed by atoms with van der Waals surface area (Å²) < 4.78 is 7.12. The molecule has 1 amide bonds. The van der Waals surface area contributed by atoms with E-state index in [-0.39, 0.29) is 23.6 Å². The van der Waals surface area contributed by atoms with Gasteiger partial charge >= 0.3 is 11.8 Å². The number of anilines is 2. The largest absolute Gasteiger partial charge is 0.493 e. The highest BCUT2D eigenvalue weighted by molar-refractivity contribution is 6.30. The van der Waals surface area contributed by atoms with Gasteiger partial charge in [-0.1, -0.05) is 17.7 Å². The summed E-state index contributed by atoms with van der Waals surface area (Å²) in [6.07, 6.45) is 4.51. The average molecular weight is 567 g/mol. The molecular formula is C27H31ClN8O4. The second-order valence-electron chi connectivity index (χ2n) is 10.7. The van der Waals surface area contributed by atoms with E-state index in [4.69, 9.17) is 26.3 Å². The molecule has 0 radical (unpaired) electrons. The lowest BCUT2D eigenvalue weighted by Gasteiger charge is -2.32. The van der Waals surface area contributed by atoms with Crippen molar-refractivity contribution in [1.29, 1.82) is 0 Å². The number of nitrogens with zero attached hydrogens (tertiary/aromatic N) is 5. The fourth-order valence-corrected chi connectivity index (χ4v) is 4.64. The molecule has 1 saturated heterocycles. The molecule has 3 aromatic heterocycles. The van der Waals surface area contributed by atoms with Crippen molar-refractivity contribution in [3.63, 3.8) is 0 Å². The molecule has 4 N–H and O–H groups in total. The molecule has 12 nitrogen and oxygen atoms in total. The molecule has 0 unspecified atom stereocenters. The number of rotatable bonds is 5. The highest BCUT2D eigenvalue weighted by atomic mass is 35.5. The molecule has 1 fully saturated rings. The summed E-state index contributed by atoms with van der Waals surface area (Å²) in [6.45, 7) is 7.35. The number of amides is 1. The highest BCUT2D eigenvalue weighted by Crippen LogP contribution is 2.21. The first kappa shape index (κ1) is 27.3. The van der Waals surface area contributed by atoms with Crippen molar-refractivity contribution in [2.24, 2.45) is 10.9 Å². The van der Waals surface area contributed by atoms with Crippen molar-refractivity contribution in [3.05, 3.63) is 68.4 Å². The number of carbonyl (C=O) groups is 1. The van der Waals surface area contributed by atoms with Crippen LogP contribution in [0.25, 0.3) is 11.7 Å². The number of benzene rings is 1. The third kappa shape index (κ3) is 6.45. The van der Waals surface area contributed by atoms with Crippen LogP contribution in [0.2, 0.25) is 5.02 Å². The number of likely N-dealkylation sites (tertiary alicyclic amines) is 1. The zero-order valence-electron chi connectivity index (χ0n) is 22.4. The van der Waals surface area contributed by atoms with Gasteiger partial charge in [0.25, 0.3) is 0 Å². The van der Waals surface area contributed by atoms with E-state index in [1.54, 1.807) is 39.9 Å². The molecule has 1 aliphatic heterocycles. The van der Waals surface area contributed by atoms with Crippen LogP contribution >= 0.6 is 11.6 Å². The molecule has 5 rings (SSSR count). The minimum Gasteiger partial charge on any atom is -0.493 e. The Balaban J connectivity index is 1.44. The van der Waals surface area contributed by atoms with Crippen molar-refractivity contribution in [1.82, 2.24) is 29.5 Å². The second-order valence-corrected chi connectivity index (χ2v) is 11.1. The van der Waals surface area contributed by atoms with Gasteiger partial charge in [0.1, 0.15) is 17.1 Å². The van der Waals surface area contributed by atoms with Gasteiger partial charge in [-0.2, -0.15) is 9.61 Å². The number of piperidine rings is 1. The van der Waals surface area contributed by atoms with Gasteiger partial charge in [-0.25, -0.2) is 14.6 Å². The van der Waals surface area contributed by atoms with E-state index in [1.165, 1.54) is 0 Å². The van der Waals surface area contributed by atoms with Crippen LogP contribution in [0.1, 0.15) is 39.3 Å². The van der Waals surface area contributed by atoms with Gasteiger partial charge in [-0.3, -0.25) is 9.98 Å². The van der Waals surface area contributed by atoms with Crippen LogP contribution in [-0.2, 0) is 4.74 Å². The molecule has 0 atom stereocenters. The molecule has 210 valence electrons. The Morgan fingerprint density at radius 3 is 2.73 bits per heavy atom. The van der Waals surface area contributed by atoms with Crippen LogP contribution in [0.4, 0.5) is 16.3 Å². The van der Waals surface area contributed by atoms with Crippen molar-refractivity contribution in [3.8, 4) is 5.88 Å². The lowest BCUT2D eigenvalue weighted by Crippen LogP contribution is -2.42. The van der Waals surface area contributed by atoms with Crippen molar-refractivity contribution in [2.45, 2.75) is 39.2 Å². The molecule has 0 bridgehead atoms. The monoisotopic (exact) mass is 566 g/mol. The number of carbonyl (C=O) groups excluding carboxylic acids is 1. The molecular weight excluding hydrogens is 536 g/mol. The molecule has 0 aliphatic carbocycles. The van der Waals surface area contributed by atoms with Crippen LogP contribution in [0, 0.1) is 5.92 Å². The molecule has 0 spiro atoms. The normalized spacial score (nSPS) is 15.7. The summed E-state index contributed by atoms with van der Waals surface area (Å²) in [5, 5.41) is 18.9. The Morgan fingerprint density at radius 2 is 2.05 bits per heavy atom. The Labute approximate surface area is 234 Å². The second kappa shape index (κ2) is 11.0. The fourth-order valence-electron chi connectivity index (χ4n) is 4.45. The van der Waals surface area contributed by atoms with Crippen LogP contribution in [0.3, 0.4) is 0 Å². The molecule has 4 aromatic rings. The number of aromatic hydroxyl groups is 1. The summed E-state index contributed by atoms with van der Waals surface area (Å²) in [6, 6.07) is 9.08. The van der Waals surface area contributed by atoms with Crippen molar-refractivity contribution in [2.75, 3.05) is 25.0 Å². The summed E-state index contributed by atoms with van der Waals surface area (Å²) in [7, 11) is 0. The maximum Gasteiger partial charge on any atom is 0.410 e. The van der Waals surface area contributed by atoms with Crippen molar-refractivity contribution >= 4 is 40.9 Å². The number of aromatic amines is 2. The Bertz CT molecular complexity index is 1710. The number of hydrogen-bond acceptors (Lipinski definition) is 8. The Kier molecular flexibility index (Phi) is 7.53. The molecule has 0 saturated carbocycles. The molecule has 40 heavy (non-hydrogen) atoms. The summed E-state index contributed by atoms with van der Waals surface area (Å²) >= 11 is 6.16. The predicted molar refractivity (Wildman–Crippen MR) is 151 cm³/mol. The van der Waals surface area contributed by atoms with E-state index < -0.39 is 11.3 Å². The van der Waals surface area contributed by atoms with Gasteiger partial charge in [0, 0.05) is 41.6 Å². The minimum absolute atomic E-state index is 0.213. The summed E-state index contributed by atoms with van der Waals surface area (Å²) in [4.78, 5) is 40.2. The van der Waals surface area contributed by atoms with Gasteiger partial charge in [0.15, 0.2) is 11.1 Å². The number of fused-ring (bicyclic) bond motifs is 1. The highest BCUT2D eigenvalue weighted by Gasteiger charge is 2.26. The fraction of sp³-hybridized carbons (Fsp3) is 0.370. The zero-order chi connectivity index (χ0) is 28.4. The van der Waals surface area contributed by atoms with Crippen molar-refractivity contribution < 1.29 is 14.6 Å². The Morgan fingerprint density at radius 1 is 1.27 bits per heavy atom. The SMILES string of the molecule is CC(C)(C)OC(=O)N1CCC(CN=c2cc(Nc3cccc(Cl)c3)nc3c(=Cc4[nH]c(=O)[nH]c4O)cnn23)CC1. The molecule has 1 aromatic carbocycles. The third-order valence-corrected chi connectivity index (χ3v) is 6.63. The lowest BCUT2D eigenvalue weighted by molar-refractivity contribution is 0.0186.